The van der Waals surface area contributed by atoms with E-state index < -0.39 is 13.0 Å². The van der Waals surface area contributed by atoms with Crippen LogP contribution < -0.4 is 5.73 Å². The molecule has 14 heavy (non-hydrogen) atoms. The minimum atomic E-state index is -2.48. The molecule has 3 nitrogen and oxygen atoms in total. The molecule has 0 aliphatic rings. The van der Waals surface area contributed by atoms with Crippen LogP contribution in [0.5, 0.6) is 0 Å². The number of carbonyl (C=O) groups is 1. The highest BCUT2D eigenvalue weighted by Gasteiger charge is 2.16. The summed E-state index contributed by atoms with van der Waals surface area (Å²) in [6.45, 7) is 1.45. The number of nitrogens with zero attached hydrogens (tertiary/aromatic N) is 1. The maximum absolute atomic E-state index is 11.9. The Morgan fingerprint density at radius 3 is 2.50 bits per heavy atom. The summed E-state index contributed by atoms with van der Waals surface area (Å²) in [5, 5.41) is 0. The van der Waals surface area contributed by atoms with Gasteiger partial charge in [0.1, 0.15) is 0 Å². The molecular weight excluding hydrogens is 190 g/mol. The Balaban J connectivity index is 3.82. The summed E-state index contributed by atoms with van der Waals surface area (Å²) in [5.41, 5.74) is 5.62. The lowest BCUT2D eigenvalue weighted by Crippen LogP contribution is -2.35. The number of nitrogens with two attached hydrogens (primary N) is 1. The second kappa shape index (κ2) is 6.70. The summed E-state index contributed by atoms with van der Waals surface area (Å²) in [6, 6.07) is -0.215. The fourth-order valence-corrected chi connectivity index (χ4v) is 1.16. The molecule has 0 aromatic heterocycles. The van der Waals surface area contributed by atoms with Gasteiger partial charge in [0.15, 0.2) is 0 Å². The topological polar surface area (TPSA) is 46.3 Å². The molecule has 0 aliphatic carbocycles. The van der Waals surface area contributed by atoms with Crippen molar-refractivity contribution in [1.82, 2.24) is 4.90 Å². The van der Waals surface area contributed by atoms with Gasteiger partial charge in [-0.05, 0) is 6.42 Å². The van der Waals surface area contributed by atoms with Gasteiger partial charge in [-0.3, -0.25) is 4.79 Å². The summed E-state index contributed by atoms with van der Waals surface area (Å²) >= 11 is 0. The predicted molar refractivity (Wildman–Crippen MR) is 51.1 cm³/mol. The maximum Gasteiger partial charge on any atom is 0.255 e. The zero-order chi connectivity index (χ0) is 11.1. The molecule has 0 rings (SSSR count). The van der Waals surface area contributed by atoms with Crippen molar-refractivity contribution in [2.75, 3.05) is 13.6 Å². The quantitative estimate of drug-likeness (QED) is 0.713. The van der Waals surface area contributed by atoms with Crippen molar-refractivity contribution in [3.63, 3.8) is 0 Å². The Bertz CT molecular complexity index is 176. The maximum atomic E-state index is 11.9. The van der Waals surface area contributed by atoms with Gasteiger partial charge >= 0.3 is 0 Å². The predicted octanol–water partition coefficient (Wildman–Crippen LogP) is 1.23. The summed E-state index contributed by atoms with van der Waals surface area (Å²) < 4.78 is 23.8. The number of carbonyl (C=O) groups excluding carboxylic acids is 1. The number of rotatable bonds is 6. The van der Waals surface area contributed by atoms with Crippen molar-refractivity contribution < 1.29 is 13.6 Å². The first kappa shape index (κ1) is 13.3. The van der Waals surface area contributed by atoms with Crippen molar-refractivity contribution in [2.24, 2.45) is 5.73 Å². The lowest BCUT2D eigenvalue weighted by Gasteiger charge is -2.18. The third-order valence-electron chi connectivity index (χ3n) is 1.93. The third-order valence-corrected chi connectivity index (χ3v) is 1.93. The largest absolute Gasteiger partial charge is 0.340 e. The van der Waals surface area contributed by atoms with Gasteiger partial charge < -0.3 is 10.6 Å². The number of hydrogen-bond acceptors (Lipinski definition) is 2. The molecular formula is C9H18F2N2O. The second-order valence-electron chi connectivity index (χ2n) is 3.42. The fraction of sp³-hybridized carbons (Fsp3) is 0.889. The van der Waals surface area contributed by atoms with Crippen molar-refractivity contribution in [3.05, 3.63) is 0 Å². The second-order valence-corrected chi connectivity index (χ2v) is 3.42. The zero-order valence-electron chi connectivity index (χ0n) is 8.67. The van der Waals surface area contributed by atoms with E-state index in [2.05, 4.69) is 0 Å². The van der Waals surface area contributed by atoms with Gasteiger partial charge in [-0.25, -0.2) is 8.78 Å². The van der Waals surface area contributed by atoms with Crippen LogP contribution in [0.15, 0.2) is 0 Å². The SMILES string of the molecule is CCCC(N)CC(=O)N(C)CC(F)F. The highest BCUT2D eigenvalue weighted by molar-refractivity contribution is 5.76. The van der Waals surface area contributed by atoms with Gasteiger partial charge in [0.05, 0.1) is 6.54 Å². The van der Waals surface area contributed by atoms with Crippen LogP contribution in [0.4, 0.5) is 8.78 Å². The highest BCUT2D eigenvalue weighted by atomic mass is 19.3. The first-order valence-electron chi connectivity index (χ1n) is 4.75. The Morgan fingerprint density at radius 1 is 1.50 bits per heavy atom. The van der Waals surface area contributed by atoms with Gasteiger partial charge in [-0.2, -0.15) is 0 Å². The molecule has 0 heterocycles. The van der Waals surface area contributed by atoms with Crippen molar-refractivity contribution in [2.45, 2.75) is 38.7 Å². The minimum absolute atomic E-state index is 0.150. The number of amides is 1. The molecule has 0 spiro atoms. The molecule has 0 saturated carbocycles. The fourth-order valence-electron chi connectivity index (χ4n) is 1.16. The number of alkyl halides is 2. The number of halogens is 2. The molecule has 1 amide bonds. The van der Waals surface area contributed by atoms with E-state index in [4.69, 9.17) is 5.73 Å². The summed E-state index contributed by atoms with van der Waals surface area (Å²) in [4.78, 5) is 12.3. The monoisotopic (exact) mass is 208 g/mol. The molecule has 1 unspecified atom stereocenters. The van der Waals surface area contributed by atoms with Gasteiger partial charge in [-0.1, -0.05) is 13.3 Å². The average Bonchev–Trinajstić information content (AvgIpc) is 2.02. The molecule has 0 fully saturated rings. The Labute approximate surface area is 83.3 Å². The minimum Gasteiger partial charge on any atom is -0.340 e. The first-order chi connectivity index (χ1) is 6.47. The Hall–Kier alpha value is -0.710. The molecule has 2 N–H and O–H groups in total. The zero-order valence-corrected chi connectivity index (χ0v) is 8.67. The Kier molecular flexibility index (Phi) is 6.36. The summed E-state index contributed by atoms with van der Waals surface area (Å²) in [5.74, 6) is -0.314. The molecule has 1 atom stereocenters. The van der Waals surface area contributed by atoms with Crippen LogP contribution in [0.1, 0.15) is 26.2 Å². The standard InChI is InChI=1S/C9H18F2N2O/c1-3-4-7(12)5-9(14)13(2)6-8(10)11/h7-8H,3-6,12H2,1-2H3. The molecule has 0 aromatic rings. The van der Waals surface area contributed by atoms with E-state index in [0.717, 1.165) is 17.7 Å². The lowest BCUT2D eigenvalue weighted by molar-refractivity contribution is -0.132. The van der Waals surface area contributed by atoms with Crippen LogP contribution >= 0.6 is 0 Å². The van der Waals surface area contributed by atoms with E-state index in [9.17, 15) is 13.6 Å². The third kappa shape index (κ3) is 5.85. The molecule has 0 aromatic carbocycles. The van der Waals surface area contributed by atoms with Crippen LogP contribution in [0.2, 0.25) is 0 Å². The van der Waals surface area contributed by atoms with Crippen molar-refractivity contribution in [3.8, 4) is 0 Å². The van der Waals surface area contributed by atoms with E-state index in [1.165, 1.54) is 7.05 Å². The summed E-state index contributed by atoms with van der Waals surface area (Å²) in [7, 11) is 1.37. The molecule has 84 valence electrons. The van der Waals surface area contributed by atoms with E-state index in [0.29, 0.717) is 0 Å². The smallest absolute Gasteiger partial charge is 0.255 e. The van der Waals surface area contributed by atoms with Crippen LogP contribution in [0, 0.1) is 0 Å². The Morgan fingerprint density at radius 2 is 2.07 bits per heavy atom. The van der Waals surface area contributed by atoms with Gasteiger partial charge in [-0.15, -0.1) is 0 Å². The van der Waals surface area contributed by atoms with E-state index in [1.807, 2.05) is 6.92 Å². The van der Waals surface area contributed by atoms with Crippen LogP contribution in [-0.2, 0) is 4.79 Å². The number of hydrogen-bond donors (Lipinski definition) is 1. The van der Waals surface area contributed by atoms with E-state index in [-0.39, 0.29) is 18.4 Å². The molecule has 0 aliphatic heterocycles. The molecule has 5 heteroatoms. The first-order valence-corrected chi connectivity index (χ1v) is 4.75. The van der Waals surface area contributed by atoms with Gasteiger partial charge in [0.25, 0.3) is 6.43 Å². The van der Waals surface area contributed by atoms with E-state index >= 15 is 0 Å². The lowest BCUT2D eigenvalue weighted by atomic mass is 10.1. The highest BCUT2D eigenvalue weighted by Crippen LogP contribution is 2.03. The molecule has 0 bridgehead atoms. The van der Waals surface area contributed by atoms with Crippen LogP contribution in [0.3, 0.4) is 0 Å². The van der Waals surface area contributed by atoms with Gasteiger partial charge in [0, 0.05) is 19.5 Å². The van der Waals surface area contributed by atoms with Gasteiger partial charge in [0.2, 0.25) is 5.91 Å². The van der Waals surface area contributed by atoms with Crippen molar-refractivity contribution in [1.29, 1.82) is 0 Å². The summed E-state index contributed by atoms with van der Waals surface area (Å²) in [6.07, 6.45) is -0.690. The molecule has 0 radical (unpaired) electrons. The van der Waals surface area contributed by atoms with Crippen molar-refractivity contribution >= 4 is 5.91 Å². The average molecular weight is 208 g/mol. The van der Waals surface area contributed by atoms with Crippen LogP contribution in [0.25, 0.3) is 0 Å². The van der Waals surface area contributed by atoms with E-state index in [1.54, 1.807) is 0 Å². The molecule has 0 saturated heterocycles. The normalized spacial score (nSPS) is 13.0. The van der Waals surface area contributed by atoms with Crippen LogP contribution in [-0.4, -0.2) is 36.9 Å².